The van der Waals surface area contributed by atoms with Crippen LogP contribution < -0.4 is 5.69 Å². The number of imidazole rings is 1. The van der Waals surface area contributed by atoms with E-state index in [-0.39, 0.29) is 10.7 Å². The Kier molecular flexibility index (Phi) is 2.55. The molecule has 1 aliphatic rings. The van der Waals surface area contributed by atoms with Gasteiger partial charge in [0.25, 0.3) is 0 Å². The maximum atomic E-state index is 12.0. The van der Waals surface area contributed by atoms with Crippen molar-refractivity contribution in [3.8, 4) is 0 Å². The summed E-state index contributed by atoms with van der Waals surface area (Å²) in [7, 11) is 0. The second kappa shape index (κ2) is 4.09. The lowest BCUT2D eigenvalue weighted by Crippen LogP contribution is -2.23. The van der Waals surface area contributed by atoms with E-state index in [1.165, 1.54) is 0 Å². The van der Waals surface area contributed by atoms with Crippen LogP contribution in [-0.2, 0) is 6.54 Å². The van der Waals surface area contributed by atoms with E-state index >= 15 is 0 Å². The van der Waals surface area contributed by atoms with E-state index in [9.17, 15) is 9.59 Å². The fraction of sp³-hybridized carbons (Fsp3) is 0.364. The molecule has 1 aliphatic carbocycles. The average molecular weight is 265 g/mol. The Morgan fingerprint density at radius 3 is 2.89 bits per heavy atom. The van der Waals surface area contributed by atoms with Crippen LogP contribution in [0.1, 0.15) is 34.4 Å². The number of carboxylic acid groups (broad SMARTS) is 1. The lowest BCUT2D eigenvalue weighted by molar-refractivity contribution is 0.0696. The maximum absolute atomic E-state index is 12.0. The number of rotatable bonds is 4. The molecule has 18 heavy (non-hydrogen) atoms. The lowest BCUT2D eigenvalue weighted by Gasteiger charge is -1.98. The van der Waals surface area contributed by atoms with E-state index in [1.54, 1.807) is 26.9 Å². The Morgan fingerprint density at radius 1 is 1.50 bits per heavy atom. The fourth-order valence-corrected chi connectivity index (χ4v) is 2.48. The second-order valence-corrected chi connectivity index (χ2v) is 5.15. The molecule has 7 heteroatoms. The molecule has 2 aromatic heterocycles. The molecule has 94 valence electrons. The van der Waals surface area contributed by atoms with Crippen LogP contribution in [0, 0.1) is 0 Å². The first-order chi connectivity index (χ1) is 8.65. The highest BCUT2D eigenvalue weighted by Gasteiger charge is 2.25. The quantitative estimate of drug-likeness (QED) is 0.900. The van der Waals surface area contributed by atoms with Gasteiger partial charge in [-0.1, -0.05) is 0 Å². The SMILES string of the molecule is O=C(O)c1nc(Cn2ccn(C3CC3)c2=O)cs1. The van der Waals surface area contributed by atoms with E-state index in [2.05, 4.69) is 4.98 Å². The zero-order chi connectivity index (χ0) is 12.7. The normalized spacial score (nSPS) is 14.9. The van der Waals surface area contributed by atoms with Crippen LogP contribution in [0.5, 0.6) is 0 Å². The summed E-state index contributed by atoms with van der Waals surface area (Å²) in [6.07, 6.45) is 5.62. The van der Waals surface area contributed by atoms with E-state index in [0.717, 1.165) is 24.2 Å². The molecule has 0 aliphatic heterocycles. The molecule has 6 nitrogen and oxygen atoms in total. The van der Waals surface area contributed by atoms with Gasteiger partial charge < -0.3 is 5.11 Å². The molecule has 2 heterocycles. The molecule has 0 spiro atoms. The maximum Gasteiger partial charge on any atom is 0.365 e. The predicted octanol–water partition coefficient (Wildman–Crippen LogP) is 1.19. The minimum Gasteiger partial charge on any atom is -0.476 e. The number of aromatic carboxylic acids is 1. The summed E-state index contributed by atoms with van der Waals surface area (Å²) in [5.41, 5.74) is 0.551. The van der Waals surface area contributed by atoms with Crippen LogP contribution in [0.25, 0.3) is 0 Å². The first-order valence-electron chi connectivity index (χ1n) is 5.60. The third-order valence-corrected chi connectivity index (χ3v) is 3.76. The molecule has 0 unspecified atom stereocenters. The van der Waals surface area contributed by atoms with Crippen LogP contribution >= 0.6 is 11.3 Å². The summed E-state index contributed by atoms with van der Waals surface area (Å²) < 4.78 is 3.28. The molecule has 0 radical (unpaired) electrons. The summed E-state index contributed by atoms with van der Waals surface area (Å²) in [6.45, 7) is 0.322. The van der Waals surface area contributed by atoms with Crippen molar-refractivity contribution in [3.63, 3.8) is 0 Å². The molecule has 2 aromatic rings. The molecule has 0 saturated heterocycles. The third kappa shape index (κ3) is 1.97. The van der Waals surface area contributed by atoms with Crippen LogP contribution in [0.15, 0.2) is 22.6 Å². The molecular weight excluding hydrogens is 254 g/mol. The molecule has 3 rings (SSSR count). The van der Waals surface area contributed by atoms with Gasteiger partial charge in [0.1, 0.15) is 0 Å². The highest BCUT2D eigenvalue weighted by Crippen LogP contribution is 2.33. The van der Waals surface area contributed by atoms with Crippen LogP contribution in [0.2, 0.25) is 0 Å². The second-order valence-electron chi connectivity index (χ2n) is 4.30. The van der Waals surface area contributed by atoms with Gasteiger partial charge in [-0.3, -0.25) is 9.13 Å². The Hall–Kier alpha value is -1.89. The highest BCUT2D eigenvalue weighted by atomic mass is 32.1. The minimum absolute atomic E-state index is 0.0534. The summed E-state index contributed by atoms with van der Waals surface area (Å²) in [5.74, 6) is -1.03. The van der Waals surface area contributed by atoms with Gasteiger partial charge in [0, 0.05) is 23.8 Å². The first kappa shape index (κ1) is 11.2. The van der Waals surface area contributed by atoms with Crippen molar-refractivity contribution in [1.29, 1.82) is 0 Å². The highest BCUT2D eigenvalue weighted by molar-refractivity contribution is 7.11. The topological polar surface area (TPSA) is 77.1 Å². The van der Waals surface area contributed by atoms with Crippen molar-refractivity contribution < 1.29 is 9.90 Å². The summed E-state index contributed by atoms with van der Waals surface area (Å²) >= 11 is 1.08. The molecular formula is C11H11N3O3S. The predicted molar refractivity (Wildman–Crippen MR) is 65.1 cm³/mol. The van der Waals surface area contributed by atoms with E-state index < -0.39 is 5.97 Å². The first-order valence-corrected chi connectivity index (χ1v) is 6.48. The monoisotopic (exact) mass is 265 g/mol. The van der Waals surface area contributed by atoms with Crippen molar-refractivity contribution in [2.24, 2.45) is 0 Å². The summed E-state index contributed by atoms with van der Waals surface area (Å²) in [5, 5.41) is 10.5. The zero-order valence-corrected chi connectivity index (χ0v) is 10.3. The van der Waals surface area contributed by atoms with Crippen LogP contribution in [-0.4, -0.2) is 25.2 Å². The number of hydrogen-bond acceptors (Lipinski definition) is 4. The number of nitrogens with zero attached hydrogens (tertiary/aromatic N) is 3. The standard InChI is InChI=1S/C11H11N3O3S/c15-10(16)9-12-7(6-18-9)5-13-3-4-14(11(13)17)8-1-2-8/h3-4,6,8H,1-2,5H2,(H,15,16). The van der Waals surface area contributed by atoms with Gasteiger partial charge in [-0.05, 0) is 12.8 Å². The average Bonchev–Trinajstić information content (AvgIpc) is 2.95. The number of carboxylic acids is 1. The smallest absolute Gasteiger partial charge is 0.365 e. The number of aromatic nitrogens is 3. The summed E-state index contributed by atoms with van der Waals surface area (Å²) in [4.78, 5) is 26.7. The van der Waals surface area contributed by atoms with Crippen molar-refractivity contribution in [1.82, 2.24) is 14.1 Å². The molecule has 0 bridgehead atoms. The molecule has 1 saturated carbocycles. The number of carbonyl (C=O) groups is 1. The lowest BCUT2D eigenvalue weighted by atomic mass is 10.5. The van der Waals surface area contributed by atoms with Crippen molar-refractivity contribution in [2.75, 3.05) is 0 Å². The Balaban J connectivity index is 1.83. The van der Waals surface area contributed by atoms with Crippen molar-refractivity contribution >= 4 is 17.3 Å². The van der Waals surface area contributed by atoms with Gasteiger partial charge in [0.05, 0.1) is 12.2 Å². The molecule has 0 amide bonds. The van der Waals surface area contributed by atoms with Gasteiger partial charge >= 0.3 is 11.7 Å². The van der Waals surface area contributed by atoms with Crippen molar-refractivity contribution in [3.05, 3.63) is 39.0 Å². The van der Waals surface area contributed by atoms with E-state index in [0.29, 0.717) is 18.3 Å². The van der Waals surface area contributed by atoms with Gasteiger partial charge in [-0.25, -0.2) is 14.6 Å². The molecule has 1 fully saturated rings. The van der Waals surface area contributed by atoms with Crippen molar-refractivity contribution in [2.45, 2.75) is 25.4 Å². The van der Waals surface area contributed by atoms with E-state index in [1.807, 2.05) is 0 Å². The third-order valence-electron chi connectivity index (χ3n) is 2.88. The fourth-order valence-electron chi connectivity index (χ4n) is 1.83. The van der Waals surface area contributed by atoms with Gasteiger partial charge in [-0.15, -0.1) is 11.3 Å². The Bertz CT molecular complexity index is 651. The minimum atomic E-state index is -1.03. The van der Waals surface area contributed by atoms with Gasteiger partial charge in [0.2, 0.25) is 5.01 Å². The van der Waals surface area contributed by atoms with Gasteiger partial charge in [-0.2, -0.15) is 0 Å². The van der Waals surface area contributed by atoms with Crippen LogP contribution in [0.4, 0.5) is 0 Å². The Morgan fingerprint density at radius 2 is 2.28 bits per heavy atom. The molecule has 0 aromatic carbocycles. The Labute approximate surface area is 106 Å². The largest absolute Gasteiger partial charge is 0.476 e. The van der Waals surface area contributed by atoms with Crippen LogP contribution in [0.3, 0.4) is 0 Å². The van der Waals surface area contributed by atoms with E-state index in [4.69, 9.17) is 5.11 Å². The van der Waals surface area contributed by atoms with Gasteiger partial charge in [0.15, 0.2) is 0 Å². The molecule has 0 atom stereocenters. The molecule has 1 N–H and O–H groups in total. The summed E-state index contributed by atoms with van der Waals surface area (Å²) in [6, 6.07) is 0.351. The number of thiazole rings is 1. The zero-order valence-electron chi connectivity index (χ0n) is 9.44. The number of hydrogen-bond donors (Lipinski definition) is 1.